The summed E-state index contributed by atoms with van der Waals surface area (Å²) in [6.45, 7) is 5.87. The fraction of sp³-hybridized carbons (Fsp3) is 0.450. The van der Waals surface area contributed by atoms with E-state index in [4.69, 9.17) is 39.5 Å². The lowest BCUT2D eigenvalue weighted by atomic mass is 9.93. The van der Waals surface area contributed by atoms with Crippen molar-refractivity contribution >= 4 is 58.4 Å². The Morgan fingerprint density at radius 2 is 2.07 bits per heavy atom. The average molecular weight is 472 g/mol. The molecule has 1 aromatic carbocycles. The van der Waals surface area contributed by atoms with E-state index in [0.717, 1.165) is 17.1 Å². The molecule has 1 heterocycles. The van der Waals surface area contributed by atoms with E-state index in [-0.39, 0.29) is 5.92 Å². The normalized spacial score (nSPS) is 22.5. The van der Waals surface area contributed by atoms with Gasteiger partial charge in [-0.3, -0.25) is 0 Å². The molecule has 154 valence electrons. The summed E-state index contributed by atoms with van der Waals surface area (Å²) in [6, 6.07) is 5.76. The lowest BCUT2D eigenvalue weighted by Gasteiger charge is -2.14. The van der Waals surface area contributed by atoms with Gasteiger partial charge in [0.2, 0.25) is 5.06 Å². The minimum atomic E-state index is -0.940. The van der Waals surface area contributed by atoms with Crippen molar-refractivity contribution in [2.24, 2.45) is 10.9 Å². The molecule has 0 amide bonds. The summed E-state index contributed by atoms with van der Waals surface area (Å²) in [5, 5.41) is 10.7. The van der Waals surface area contributed by atoms with E-state index in [2.05, 4.69) is 15.4 Å². The summed E-state index contributed by atoms with van der Waals surface area (Å²) >= 11 is 20.5. The Morgan fingerprint density at radius 3 is 2.59 bits per heavy atom. The fourth-order valence-electron chi connectivity index (χ4n) is 3.59. The standard InChI is InChI=1S/C20H21Cl3N4OS/c1-6-19(12(3)20(19,22)23)17-13(9-24)18(29-26-17)28-16-8-14(21)15(7-11(16)2)25-10-27(4)5/h7-8,10,12H,6H2,1-5H3. The summed E-state index contributed by atoms with van der Waals surface area (Å²) in [5.41, 5.74) is 1.92. The van der Waals surface area contributed by atoms with Crippen LogP contribution in [0.15, 0.2) is 17.1 Å². The minimum Gasteiger partial charge on any atom is -0.443 e. The monoisotopic (exact) mass is 470 g/mol. The van der Waals surface area contributed by atoms with Crippen LogP contribution in [0, 0.1) is 24.2 Å². The van der Waals surface area contributed by atoms with E-state index in [1.165, 1.54) is 0 Å². The largest absolute Gasteiger partial charge is 0.443 e. The van der Waals surface area contributed by atoms with Gasteiger partial charge in [-0.05, 0) is 25.0 Å². The molecule has 1 aliphatic carbocycles. The number of hydrogen-bond donors (Lipinski definition) is 0. The van der Waals surface area contributed by atoms with Gasteiger partial charge in [0, 0.05) is 37.6 Å². The molecule has 2 atom stereocenters. The van der Waals surface area contributed by atoms with Crippen molar-refractivity contribution in [2.45, 2.75) is 36.9 Å². The highest BCUT2D eigenvalue weighted by atomic mass is 35.5. The number of nitrogens with zero attached hydrogens (tertiary/aromatic N) is 4. The Labute approximate surface area is 190 Å². The topological polar surface area (TPSA) is 61.5 Å². The van der Waals surface area contributed by atoms with Crippen molar-refractivity contribution in [3.05, 3.63) is 34.0 Å². The van der Waals surface area contributed by atoms with Crippen molar-refractivity contribution in [2.75, 3.05) is 14.1 Å². The van der Waals surface area contributed by atoms with Gasteiger partial charge in [-0.2, -0.15) is 9.64 Å². The van der Waals surface area contributed by atoms with Crippen molar-refractivity contribution in [3.63, 3.8) is 0 Å². The van der Waals surface area contributed by atoms with Crippen LogP contribution in [0.1, 0.15) is 37.1 Å². The quantitative estimate of drug-likeness (QED) is 0.275. The van der Waals surface area contributed by atoms with E-state index < -0.39 is 9.75 Å². The molecule has 0 bridgehead atoms. The van der Waals surface area contributed by atoms with Crippen LogP contribution in [-0.4, -0.2) is 34.0 Å². The van der Waals surface area contributed by atoms with Crippen molar-refractivity contribution in [3.8, 4) is 16.9 Å². The van der Waals surface area contributed by atoms with Gasteiger partial charge in [0.1, 0.15) is 21.7 Å². The zero-order chi connectivity index (χ0) is 21.6. The molecule has 5 nitrogen and oxygen atoms in total. The molecule has 0 saturated heterocycles. The summed E-state index contributed by atoms with van der Waals surface area (Å²) in [7, 11) is 3.76. The zero-order valence-corrected chi connectivity index (χ0v) is 19.8. The van der Waals surface area contributed by atoms with Crippen LogP contribution in [0.25, 0.3) is 0 Å². The third-order valence-electron chi connectivity index (χ3n) is 5.42. The number of rotatable bonds is 6. The lowest BCUT2D eigenvalue weighted by molar-refractivity contribution is 0.489. The number of ether oxygens (including phenoxy) is 1. The molecule has 2 aromatic rings. The first-order chi connectivity index (χ1) is 13.6. The number of aromatic nitrogens is 1. The van der Waals surface area contributed by atoms with Crippen molar-refractivity contribution in [1.82, 2.24) is 9.27 Å². The molecule has 3 rings (SSSR count). The van der Waals surface area contributed by atoms with Crippen molar-refractivity contribution < 1.29 is 4.74 Å². The molecule has 0 radical (unpaired) electrons. The Kier molecular flexibility index (Phi) is 6.08. The lowest BCUT2D eigenvalue weighted by Crippen LogP contribution is -2.16. The molecular weight excluding hydrogens is 451 g/mol. The van der Waals surface area contributed by atoms with E-state index in [1.807, 2.05) is 45.8 Å². The zero-order valence-electron chi connectivity index (χ0n) is 16.8. The smallest absolute Gasteiger partial charge is 0.218 e. The van der Waals surface area contributed by atoms with Crippen LogP contribution in [0.2, 0.25) is 5.02 Å². The van der Waals surface area contributed by atoms with Gasteiger partial charge in [-0.25, -0.2) is 4.99 Å². The van der Waals surface area contributed by atoms with Crippen molar-refractivity contribution in [1.29, 1.82) is 5.26 Å². The van der Waals surface area contributed by atoms with E-state index >= 15 is 0 Å². The highest BCUT2D eigenvalue weighted by Crippen LogP contribution is 2.71. The number of hydrogen-bond acceptors (Lipinski definition) is 5. The predicted octanol–water partition coefficient (Wildman–Crippen LogP) is 6.46. The van der Waals surface area contributed by atoms with Gasteiger partial charge < -0.3 is 9.64 Å². The second-order valence-corrected chi connectivity index (χ2v) is 9.88. The minimum absolute atomic E-state index is 0.00425. The van der Waals surface area contributed by atoms with Crippen LogP contribution in [0.5, 0.6) is 10.8 Å². The number of nitriles is 1. The van der Waals surface area contributed by atoms with Crippen LogP contribution < -0.4 is 4.74 Å². The van der Waals surface area contributed by atoms with Crippen LogP contribution in [-0.2, 0) is 5.41 Å². The fourth-order valence-corrected chi connectivity index (χ4v) is 5.62. The van der Waals surface area contributed by atoms with Gasteiger partial charge in [-0.15, -0.1) is 23.2 Å². The molecular formula is C20H21Cl3N4OS. The van der Waals surface area contributed by atoms with Gasteiger partial charge in [0.25, 0.3) is 0 Å². The number of halogens is 3. The first-order valence-electron chi connectivity index (χ1n) is 9.06. The van der Waals surface area contributed by atoms with E-state index in [1.54, 1.807) is 12.4 Å². The number of benzene rings is 1. The SMILES string of the molecule is CCC1(c2nsc(Oc3cc(Cl)c(N=CN(C)C)cc3C)c2C#N)C(C)C1(Cl)Cl. The number of alkyl halides is 2. The summed E-state index contributed by atoms with van der Waals surface area (Å²) in [4.78, 5) is 6.17. The molecule has 2 unspecified atom stereocenters. The van der Waals surface area contributed by atoms with Crippen LogP contribution in [0.4, 0.5) is 5.69 Å². The second-order valence-electron chi connectivity index (χ2n) is 7.35. The molecule has 29 heavy (non-hydrogen) atoms. The first-order valence-corrected chi connectivity index (χ1v) is 11.0. The van der Waals surface area contributed by atoms with E-state index in [9.17, 15) is 5.26 Å². The highest BCUT2D eigenvalue weighted by Gasteiger charge is 2.75. The molecule has 1 aliphatic rings. The third kappa shape index (κ3) is 3.59. The average Bonchev–Trinajstić information content (AvgIpc) is 2.94. The summed E-state index contributed by atoms with van der Waals surface area (Å²) in [5.74, 6) is 0.540. The van der Waals surface area contributed by atoms with Crippen LogP contribution in [0.3, 0.4) is 0 Å². The maximum atomic E-state index is 9.80. The summed E-state index contributed by atoms with van der Waals surface area (Å²) in [6.07, 6.45) is 2.36. The Hall–Kier alpha value is -1.52. The Morgan fingerprint density at radius 1 is 1.41 bits per heavy atom. The first kappa shape index (κ1) is 22.2. The van der Waals surface area contributed by atoms with Gasteiger partial charge in [0.15, 0.2) is 0 Å². The van der Waals surface area contributed by atoms with Gasteiger partial charge >= 0.3 is 0 Å². The Balaban J connectivity index is 1.96. The number of aliphatic imine (C=N–C) groups is 1. The van der Waals surface area contributed by atoms with Crippen LogP contribution >= 0.6 is 46.3 Å². The molecule has 0 spiro atoms. The third-order valence-corrected chi connectivity index (χ3v) is 7.78. The molecule has 0 N–H and O–H groups in total. The second kappa shape index (κ2) is 7.96. The Bertz CT molecular complexity index is 1010. The maximum Gasteiger partial charge on any atom is 0.218 e. The molecule has 1 saturated carbocycles. The highest BCUT2D eigenvalue weighted by molar-refractivity contribution is 7.08. The molecule has 1 aromatic heterocycles. The molecule has 0 aliphatic heterocycles. The van der Waals surface area contributed by atoms with Gasteiger partial charge in [-0.1, -0.05) is 25.4 Å². The summed E-state index contributed by atoms with van der Waals surface area (Å²) < 4.78 is 9.62. The number of aryl methyl sites for hydroxylation is 1. The molecule has 9 heteroatoms. The predicted molar refractivity (Wildman–Crippen MR) is 121 cm³/mol. The van der Waals surface area contributed by atoms with Gasteiger partial charge in [0.05, 0.1) is 28.2 Å². The molecule has 1 fully saturated rings. The van der Waals surface area contributed by atoms with E-state index in [0.29, 0.717) is 39.2 Å². The maximum absolute atomic E-state index is 9.80.